The van der Waals surface area contributed by atoms with Crippen LogP contribution >= 0.6 is 15.9 Å². The van der Waals surface area contributed by atoms with Gasteiger partial charge in [0.15, 0.2) is 0 Å². The van der Waals surface area contributed by atoms with Gasteiger partial charge < -0.3 is 9.64 Å². The maximum absolute atomic E-state index is 12.5. The molecule has 1 saturated carbocycles. The van der Waals surface area contributed by atoms with Crippen LogP contribution in [-0.4, -0.2) is 37.1 Å². The average molecular weight is 312 g/mol. The molecule has 1 aromatic rings. The SMILES string of the molecule is COCCN(C(=O)c1cc(C)cc(Br)c1)C1CC1. The molecule has 0 radical (unpaired) electrons. The second kappa shape index (κ2) is 5.85. The summed E-state index contributed by atoms with van der Waals surface area (Å²) < 4.78 is 6.03. The van der Waals surface area contributed by atoms with Crippen LogP contribution in [-0.2, 0) is 4.74 Å². The Kier molecular flexibility index (Phi) is 4.40. The summed E-state index contributed by atoms with van der Waals surface area (Å²) in [5.74, 6) is 0.110. The van der Waals surface area contributed by atoms with E-state index in [1.54, 1.807) is 7.11 Å². The first-order chi connectivity index (χ1) is 8.61. The number of rotatable bonds is 5. The van der Waals surface area contributed by atoms with E-state index in [1.165, 1.54) is 0 Å². The molecule has 0 aromatic heterocycles. The second-order valence-electron chi connectivity index (χ2n) is 4.74. The molecule has 4 heteroatoms. The van der Waals surface area contributed by atoms with Gasteiger partial charge >= 0.3 is 0 Å². The molecule has 0 N–H and O–H groups in total. The third-order valence-electron chi connectivity index (χ3n) is 3.07. The van der Waals surface area contributed by atoms with E-state index in [2.05, 4.69) is 15.9 Å². The Hall–Kier alpha value is -0.870. The summed E-state index contributed by atoms with van der Waals surface area (Å²) in [4.78, 5) is 14.4. The quantitative estimate of drug-likeness (QED) is 0.836. The minimum atomic E-state index is 0.110. The third-order valence-corrected chi connectivity index (χ3v) is 3.53. The Balaban J connectivity index is 2.16. The van der Waals surface area contributed by atoms with Crippen molar-refractivity contribution >= 4 is 21.8 Å². The Morgan fingerprint density at radius 2 is 2.17 bits per heavy atom. The predicted molar refractivity (Wildman–Crippen MR) is 74.8 cm³/mol. The van der Waals surface area contributed by atoms with E-state index in [4.69, 9.17) is 4.74 Å². The Morgan fingerprint density at radius 1 is 1.44 bits per heavy atom. The largest absolute Gasteiger partial charge is 0.383 e. The van der Waals surface area contributed by atoms with Crippen molar-refractivity contribution in [1.82, 2.24) is 4.90 Å². The predicted octanol–water partition coefficient (Wildman–Crippen LogP) is 3.01. The van der Waals surface area contributed by atoms with Crippen LogP contribution in [0.15, 0.2) is 22.7 Å². The number of benzene rings is 1. The highest BCUT2D eigenvalue weighted by molar-refractivity contribution is 9.10. The summed E-state index contributed by atoms with van der Waals surface area (Å²) in [5.41, 5.74) is 1.85. The average Bonchev–Trinajstić information content (AvgIpc) is 3.12. The van der Waals surface area contributed by atoms with E-state index in [1.807, 2.05) is 30.0 Å². The first-order valence-corrected chi connectivity index (χ1v) is 6.98. The van der Waals surface area contributed by atoms with E-state index in [-0.39, 0.29) is 5.91 Å². The van der Waals surface area contributed by atoms with Crippen molar-refractivity contribution in [3.8, 4) is 0 Å². The molecule has 1 aliphatic carbocycles. The van der Waals surface area contributed by atoms with Gasteiger partial charge in [-0.1, -0.05) is 15.9 Å². The molecule has 1 aromatic carbocycles. The molecule has 0 spiro atoms. The first kappa shape index (κ1) is 13.6. The molecule has 0 atom stereocenters. The first-order valence-electron chi connectivity index (χ1n) is 6.19. The van der Waals surface area contributed by atoms with Crippen molar-refractivity contribution in [2.75, 3.05) is 20.3 Å². The summed E-state index contributed by atoms with van der Waals surface area (Å²) in [7, 11) is 1.67. The number of hydrogen-bond donors (Lipinski definition) is 0. The number of halogens is 1. The molecule has 1 amide bonds. The summed E-state index contributed by atoms with van der Waals surface area (Å²) in [6.45, 7) is 3.26. The molecule has 0 heterocycles. The highest BCUT2D eigenvalue weighted by atomic mass is 79.9. The maximum Gasteiger partial charge on any atom is 0.254 e. The zero-order valence-electron chi connectivity index (χ0n) is 10.8. The van der Waals surface area contributed by atoms with Crippen LogP contribution in [0.1, 0.15) is 28.8 Å². The molecule has 0 bridgehead atoms. The Labute approximate surface area is 116 Å². The zero-order valence-corrected chi connectivity index (χ0v) is 12.4. The fraction of sp³-hybridized carbons (Fsp3) is 0.500. The van der Waals surface area contributed by atoms with Gasteiger partial charge in [0.05, 0.1) is 6.61 Å². The van der Waals surface area contributed by atoms with Crippen LogP contribution in [0.3, 0.4) is 0 Å². The van der Waals surface area contributed by atoms with Crippen molar-refractivity contribution < 1.29 is 9.53 Å². The van der Waals surface area contributed by atoms with Gasteiger partial charge in [0, 0.05) is 29.7 Å². The number of carbonyl (C=O) groups is 1. The highest BCUT2D eigenvalue weighted by Crippen LogP contribution is 2.28. The number of amides is 1. The normalized spacial score (nSPS) is 14.6. The summed E-state index contributed by atoms with van der Waals surface area (Å²) in [5, 5.41) is 0. The van der Waals surface area contributed by atoms with Crippen molar-refractivity contribution in [3.63, 3.8) is 0 Å². The monoisotopic (exact) mass is 311 g/mol. The molecule has 1 fully saturated rings. The minimum Gasteiger partial charge on any atom is -0.383 e. The van der Waals surface area contributed by atoms with Gasteiger partial charge in [0.2, 0.25) is 0 Å². The van der Waals surface area contributed by atoms with E-state index in [0.29, 0.717) is 19.2 Å². The van der Waals surface area contributed by atoms with Gasteiger partial charge in [-0.3, -0.25) is 4.79 Å². The standard InChI is InChI=1S/C14H18BrNO2/c1-10-7-11(9-12(15)8-10)14(17)16(5-6-18-2)13-3-4-13/h7-9,13H,3-6H2,1-2H3. The fourth-order valence-corrected chi connectivity index (χ4v) is 2.66. The smallest absolute Gasteiger partial charge is 0.254 e. The molecule has 0 aliphatic heterocycles. The molecule has 18 heavy (non-hydrogen) atoms. The van der Waals surface area contributed by atoms with Crippen LogP contribution in [0.4, 0.5) is 0 Å². The van der Waals surface area contributed by atoms with Crippen LogP contribution in [0.25, 0.3) is 0 Å². The molecule has 0 unspecified atom stereocenters. The number of methoxy groups -OCH3 is 1. The molecule has 98 valence electrons. The van der Waals surface area contributed by atoms with Gasteiger partial charge in [-0.2, -0.15) is 0 Å². The molecular weight excluding hydrogens is 294 g/mol. The maximum atomic E-state index is 12.5. The van der Waals surface area contributed by atoms with Crippen molar-refractivity contribution in [1.29, 1.82) is 0 Å². The molecule has 1 aliphatic rings. The lowest BCUT2D eigenvalue weighted by Crippen LogP contribution is -2.35. The van der Waals surface area contributed by atoms with Gasteiger partial charge in [-0.15, -0.1) is 0 Å². The Bertz CT molecular complexity index is 423. The molecule has 2 rings (SSSR count). The highest BCUT2D eigenvalue weighted by Gasteiger charge is 2.32. The van der Waals surface area contributed by atoms with Gasteiger partial charge in [-0.05, 0) is 43.5 Å². The van der Waals surface area contributed by atoms with Crippen molar-refractivity contribution in [2.45, 2.75) is 25.8 Å². The third kappa shape index (κ3) is 3.33. The number of ether oxygens (including phenoxy) is 1. The Morgan fingerprint density at radius 3 is 2.72 bits per heavy atom. The summed E-state index contributed by atoms with van der Waals surface area (Å²) >= 11 is 3.44. The topological polar surface area (TPSA) is 29.5 Å². The van der Waals surface area contributed by atoms with E-state index in [9.17, 15) is 4.79 Å². The van der Waals surface area contributed by atoms with Crippen molar-refractivity contribution in [3.05, 3.63) is 33.8 Å². The summed E-state index contributed by atoms with van der Waals surface area (Å²) in [6, 6.07) is 6.24. The molecular formula is C14H18BrNO2. The number of aryl methyl sites for hydroxylation is 1. The van der Waals surface area contributed by atoms with Crippen LogP contribution in [0.2, 0.25) is 0 Å². The second-order valence-corrected chi connectivity index (χ2v) is 5.66. The molecule has 3 nitrogen and oxygen atoms in total. The van der Waals surface area contributed by atoms with Gasteiger partial charge in [0.25, 0.3) is 5.91 Å². The zero-order chi connectivity index (χ0) is 13.1. The molecule has 0 saturated heterocycles. The fourth-order valence-electron chi connectivity index (χ4n) is 2.05. The van der Waals surface area contributed by atoms with Gasteiger partial charge in [-0.25, -0.2) is 0 Å². The van der Waals surface area contributed by atoms with E-state index < -0.39 is 0 Å². The van der Waals surface area contributed by atoms with Crippen LogP contribution < -0.4 is 0 Å². The number of hydrogen-bond acceptors (Lipinski definition) is 2. The van der Waals surface area contributed by atoms with Crippen molar-refractivity contribution in [2.24, 2.45) is 0 Å². The van der Waals surface area contributed by atoms with Crippen LogP contribution in [0, 0.1) is 6.92 Å². The lowest BCUT2D eigenvalue weighted by Gasteiger charge is -2.22. The summed E-state index contributed by atoms with van der Waals surface area (Å²) in [6.07, 6.45) is 2.23. The van der Waals surface area contributed by atoms with E-state index >= 15 is 0 Å². The number of carbonyl (C=O) groups excluding carboxylic acids is 1. The lowest BCUT2D eigenvalue weighted by molar-refractivity contribution is 0.0680. The van der Waals surface area contributed by atoms with Gasteiger partial charge in [0.1, 0.15) is 0 Å². The minimum absolute atomic E-state index is 0.110. The van der Waals surface area contributed by atoms with Crippen LogP contribution in [0.5, 0.6) is 0 Å². The number of nitrogens with zero attached hydrogens (tertiary/aromatic N) is 1. The van der Waals surface area contributed by atoms with E-state index in [0.717, 1.165) is 28.4 Å². The lowest BCUT2D eigenvalue weighted by atomic mass is 10.1.